The van der Waals surface area contributed by atoms with Gasteiger partial charge >= 0.3 is 10.2 Å². The Balaban J connectivity index is 2.05. The SMILES string of the molecule is N#CCOc1cccc(C2CN(CC#N)S(=O)(=O)N2c2ccc(Cl)cc2)c1. The standard InChI is InChI=1S/C18H15ClN4O3S/c19-15-4-6-16(7-5-15)23-18(13-22(10-8-20)27(23,24)25)14-2-1-3-17(12-14)26-11-9-21/h1-7,12,18H,10-11,13H2. The van der Waals surface area contributed by atoms with Crippen molar-refractivity contribution in [3.8, 4) is 17.9 Å². The third-order valence-electron chi connectivity index (χ3n) is 4.11. The highest BCUT2D eigenvalue weighted by Crippen LogP contribution is 2.39. The normalized spacial score (nSPS) is 18.6. The van der Waals surface area contributed by atoms with Crippen LogP contribution in [0.25, 0.3) is 0 Å². The average Bonchev–Trinajstić information content (AvgIpc) is 2.92. The fourth-order valence-electron chi connectivity index (χ4n) is 2.94. The maximum absolute atomic E-state index is 13.0. The van der Waals surface area contributed by atoms with Crippen molar-refractivity contribution in [3.05, 3.63) is 59.1 Å². The Hall–Kier alpha value is -2.78. The second-order valence-electron chi connectivity index (χ2n) is 5.77. The number of hydrogen-bond donors (Lipinski definition) is 0. The van der Waals surface area contributed by atoms with E-state index in [2.05, 4.69) is 0 Å². The predicted octanol–water partition coefficient (Wildman–Crippen LogP) is 2.87. The van der Waals surface area contributed by atoms with Crippen molar-refractivity contribution in [2.24, 2.45) is 0 Å². The van der Waals surface area contributed by atoms with Crippen LogP contribution in [-0.2, 0) is 10.2 Å². The van der Waals surface area contributed by atoms with Gasteiger partial charge < -0.3 is 4.74 Å². The van der Waals surface area contributed by atoms with E-state index in [-0.39, 0.29) is 19.7 Å². The first kappa shape index (κ1) is 19.0. The van der Waals surface area contributed by atoms with Gasteiger partial charge in [-0.2, -0.15) is 23.2 Å². The third-order valence-corrected chi connectivity index (χ3v) is 6.25. The average molecular weight is 403 g/mol. The molecule has 7 nitrogen and oxygen atoms in total. The highest BCUT2D eigenvalue weighted by atomic mass is 35.5. The maximum atomic E-state index is 13.0. The number of nitrogens with zero attached hydrogens (tertiary/aromatic N) is 4. The van der Waals surface area contributed by atoms with Crippen LogP contribution in [0.15, 0.2) is 48.5 Å². The fraction of sp³-hybridized carbons (Fsp3) is 0.222. The van der Waals surface area contributed by atoms with Crippen LogP contribution in [0.5, 0.6) is 5.75 Å². The lowest BCUT2D eigenvalue weighted by atomic mass is 10.1. The van der Waals surface area contributed by atoms with Crippen molar-refractivity contribution in [2.75, 3.05) is 24.0 Å². The second kappa shape index (κ2) is 7.85. The van der Waals surface area contributed by atoms with Crippen molar-refractivity contribution in [3.63, 3.8) is 0 Å². The summed E-state index contributed by atoms with van der Waals surface area (Å²) in [5, 5.41) is 18.2. The Morgan fingerprint density at radius 2 is 1.89 bits per heavy atom. The summed E-state index contributed by atoms with van der Waals surface area (Å²) < 4.78 is 33.7. The number of ether oxygens (including phenoxy) is 1. The maximum Gasteiger partial charge on any atom is 0.305 e. The Bertz CT molecular complexity index is 1010. The molecule has 2 aromatic carbocycles. The van der Waals surface area contributed by atoms with Crippen LogP contribution in [0.1, 0.15) is 11.6 Å². The molecule has 0 N–H and O–H groups in total. The highest BCUT2D eigenvalue weighted by Gasteiger charge is 2.44. The van der Waals surface area contributed by atoms with Crippen LogP contribution in [0.2, 0.25) is 5.02 Å². The van der Waals surface area contributed by atoms with E-state index in [0.717, 1.165) is 4.31 Å². The number of halogens is 1. The Kier molecular flexibility index (Phi) is 5.52. The zero-order valence-electron chi connectivity index (χ0n) is 14.1. The Morgan fingerprint density at radius 1 is 1.15 bits per heavy atom. The number of benzene rings is 2. The molecule has 1 heterocycles. The van der Waals surface area contributed by atoms with Crippen LogP contribution in [0.3, 0.4) is 0 Å². The quantitative estimate of drug-likeness (QED) is 0.716. The smallest absolute Gasteiger partial charge is 0.305 e. The van der Waals surface area contributed by atoms with Gasteiger partial charge in [-0.05, 0) is 42.0 Å². The molecule has 2 aromatic rings. The van der Waals surface area contributed by atoms with E-state index in [4.69, 9.17) is 26.9 Å². The van der Waals surface area contributed by atoms with E-state index in [1.54, 1.807) is 48.5 Å². The summed E-state index contributed by atoms with van der Waals surface area (Å²) in [7, 11) is -3.88. The van der Waals surface area contributed by atoms with Crippen molar-refractivity contribution in [2.45, 2.75) is 6.04 Å². The summed E-state index contributed by atoms with van der Waals surface area (Å²) in [5.74, 6) is 0.473. The van der Waals surface area contributed by atoms with E-state index >= 15 is 0 Å². The van der Waals surface area contributed by atoms with Crippen LogP contribution >= 0.6 is 11.6 Å². The molecule has 3 rings (SSSR count). The van der Waals surface area contributed by atoms with Crippen LogP contribution in [0.4, 0.5) is 5.69 Å². The largest absolute Gasteiger partial charge is 0.479 e. The molecule has 27 heavy (non-hydrogen) atoms. The summed E-state index contributed by atoms with van der Waals surface area (Å²) in [6.45, 7) is -0.221. The molecule has 0 saturated carbocycles. The molecule has 0 amide bonds. The van der Waals surface area contributed by atoms with Crippen molar-refractivity contribution in [1.82, 2.24) is 4.31 Å². The Labute approximate surface area is 162 Å². The zero-order chi connectivity index (χ0) is 19.4. The fourth-order valence-corrected chi connectivity index (χ4v) is 4.76. The van der Waals surface area contributed by atoms with E-state index in [1.807, 2.05) is 12.1 Å². The summed E-state index contributed by atoms with van der Waals surface area (Å²) in [4.78, 5) is 0. The summed E-state index contributed by atoms with van der Waals surface area (Å²) >= 11 is 5.93. The molecule has 138 valence electrons. The molecule has 0 radical (unpaired) electrons. The van der Waals surface area contributed by atoms with Gasteiger partial charge in [0, 0.05) is 11.6 Å². The van der Waals surface area contributed by atoms with Gasteiger partial charge in [-0.3, -0.25) is 0 Å². The number of anilines is 1. The van der Waals surface area contributed by atoms with Gasteiger partial charge in [-0.25, -0.2) is 4.31 Å². The minimum Gasteiger partial charge on any atom is -0.479 e. The van der Waals surface area contributed by atoms with Gasteiger partial charge in [0.1, 0.15) is 18.4 Å². The lowest BCUT2D eigenvalue weighted by molar-refractivity contribution is 0.367. The first-order chi connectivity index (χ1) is 13.0. The molecule has 9 heteroatoms. The third kappa shape index (κ3) is 3.83. The predicted molar refractivity (Wildman–Crippen MR) is 100 cm³/mol. The van der Waals surface area contributed by atoms with Gasteiger partial charge in [0.25, 0.3) is 0 Å². The van der Waals surface area contributed by atoms with Crippen molar-refractivity contribution >= 4 is 27.5 Å². The molecule has 0 aliphatic carbocycles. The minimum absolute atomic E-state index is 0.103. The lowest BCUT2D eigenvalue weighted by Crippen LogP contribution is -2.33. The van der Waals surface area contributed by atoms with Gasteiger partial charge in [0.2, 0.25) is 0 Å². The molecule has 0 aromatic heterocycles. The van der Waals surface area contributed by atoms with Crippen LogP contribution in [-0.4, -0.2) is 32.4 Å². The van der Waals surface area contributed by atoms with Crippen LogP contribution in [0, 0.1) is 22.7 Å². The van der Waals surface area contributed by atoms with Crippen molar-refractivity contribution < 1.29 is 13.2 Å². The first-order valence-electron chi connectivity index (χ1n) is 7.99. The summed E-state index contributed by atoms with van der Waals surface area (Å²) in [6, 6.07) is 16.7. The van der Waals surface area contributed by atoms with Gasteiger partial charge in [-0.15, -0.1) is 0 Å². The van der Waals surface area contributed by atoms with Gasteiger partial charge in [-0.1, -0.05) is 23.7 Å². The number of nitriles is 2. The second-order valence-corrected chi connectivity index (χ2v) is 8.01. The molecule has 1 fully saturated rings. The van der Waals surface area contributed by atoms with E-state index in [1.165, 1.54) is 4.31 Å². The summed E-state index contributed by atoms with van der Waals surface area (Å²) in [5.41, 5.74) is 1.15. The molecule has 1 saturated heterocycles. The van der Waals surface area contributed by atoms with E-state index in [0.29, 0.717) is 22.0 Å². The molecule has 1 atom stereocenters. The summed E-state index contributed by atoms with van der Waals surface area (Å²) in [6.07, 6.45) is 0. The Morgan fingerprint density at radius 3 is 2.56 bits per heavy atom. The molecule has 1 unspecified atom stereocenters. The molecule has 0 bridgehead atoms. The molecule has 1 aliphatic heterocycles. The van der Waals surface area contributed by atoms with Gasteiger partial charge in [0.05, 0.1) is 17.8 Å². The monoisotopic (exact) mass is 402 g/mol. The molecular weight excluding hydrogens is 388 g/mol. The molecular formula is C18H15ClN4O3S. The van der Waals surface area contributed by atoms with Gasteiger partial charge in [0.15, 0.2) is 6.61 Å². The number of rotatable bonds is 5. The minimum atomic E-state index is -3.88. The van der Waals surface area contributed by atoms with Crippen LogP contribution < -0.4 is 9.04 Å². The topological polar surface area (TPSA) is 97.4 Å². The number of hydrogen-bond acceptors (Lipinski definition) is 5. The zero-order valence-corrected chi connectivity index (χ0v) is 15.7. The highest BCUT2D eigenvalue weighted by molar-refractivity contribution is 7.90. The van der Waals surface area contributed by atoms with Crippen molar-refractivity contribution in [1.29, 1.82) is 10.5 Å². The van der Waals surface area contributed by atoms with E-state index < -0.39 is 16.3 Å². The van der Waals surface area contributed by atoms with E-state index in [9.17, 15) is 8.42 Å². The first-order valence-corrected chi connectivity index (χ1v) is 9.76. The lowest BCUT2D eigenvalue weighted by Gasteiger charge is -2.25. The molecule has 1 aliphatic rings. The molecule has 0 spiro atoms.